The molecule has 1 aromatic rings. The van der Waals surface area contributed by atoms with Gasteiger partial charge in [-0.3, -0.25) is 9.89 Å². The fraction of sp³-hybridized carbons (Fsp3) is 0.692. The van der Waals surface area contributed by atoms with Gasteiger partial charge in [-0.25, -0.2) is 0 Å². The standard InChI is InChI=1S/C13H22N4O/c1-8(2)6-7-17(10-4-5-10)13(18)11-9(3)15-16-12(11)14/h8,10H,4-7H2,1-3H3,(H3,14,15,16). The third-order valence-electron chi connectivity index (χ3n) is 3.38. The molecule has 1 amide bonds. The number of anilines is 1. The zero-order valence-corrected chi connectivity index (χ0v) is 11.4. The van der Waals surface area contributed by atoms with E-state index in [0.717, 1.165) is 31.5 Å². The molecule has 0 atom stereocenters. The van der Waals surface area contributed by atoms with Crippen LogP contribution in [0.5, 0.6) is 0 Å². The minimum Gasteiger partial charge on any atom is -0.382 e. The van der Waals surface area contributed by atoms with E-state index in [0.29, 0.717) is 23.3 Å². The van der Waals surface area contributed by atoms with Crippen LogP contribution in [0.1, 0.15) is 49.2 Å². The largest absolute Gasteiger partial charge is 0.382 e. The first-order valence-electron chi connectivity index (χ1n) is 6.62. The molecule has 0 unspecified atom stereocenters. The van der Waals surface area contributed by atoms with Crippen LogP contribution >= 0.6 is 0 Å². The van der Waals surface area contributed by atoms with Gasteiger partial charge in [0.25, 0.3) is 5.91 Å². The summed E-state index contributed by atoms with van der Waals surface area (Å²) >= 11 is 0. The van der Waals surface area contributed by atoms with Crippen LogP contribution in [0.3, 0.4) is 0 Å². The first-order chi connectivity index (χ1) is 8.50. The summed E-state index contributed by atoms with van der Waals surface area (Å²) in [5.41, 5.74) is 7.07. The maximum atomic E-state index is 12.5. The Morgan fingerprint density at radius 1 is 1.56 bits per heavy atom. The summed E-state index contributed by atoms with van der Waals surface area (Å²) in [5.74, 6) is 0.941. The number of nitrogen functional groups attached to an aromatic ring is 1. The first kappa shape index (κ1) is 12.9. The van der Waals surface area contributed by atoms with Gasteiger partial charge in [-0.05, 0) is 32.1 Å². The first-order valence-corrected chi connectivity index (χ1v) is 6.62. The Balaban J connectivity index is 2.13. The molecule has 100 valence electrons. The van der Waals surface area contributed by atoms with Crippen LogP contribution in [-0.2, 0) is 0 Å². The molecular weight excluding hydrogens is 228 g/mol. The van der Waals surface area contributed by atoms with Gasteiger partial charge in [-0.15, -0.1) is 0 Å². The van der Waals surface area contributed by atoms with Crippen molar-refractivity contribution >= 4 is 11.7 Å². The number of rotatable bonds is 5. The van der Waals surface area contributed by atoms with Gasteiger partial charge in [0.1, 0.15) is 5.56 Å². The number of nitrogens with zero attached hydrogens (tertiary/aromatic N) is 2. The highest BCUT2D eigenvalue weighted by molar-refractivity contribution is 5.99. The van der Waals surface area contributed by atoms with Crippen LogP contribution in [0, 0.1) is 12.8 Å². The Morgan fingerprint density at radius 2 is 2.22 bits per heavy atom. The quantitative estimate of drug-likeness (QED) is 0.838. The topological polar surface area (TPSA) is 75.0 Å². The number of H-pyrrole nitrogens is 1. The molecule has 1 aliphatic carbocycles. The maximum absolute atomic E-state index is 12.5. The zero-order chi connectivity index (χ0) is 13.3. The molecule has 2 rings (SSSR count). The number of hydrogen-bond acceptors (Lipinski definition) is 3. The molecule has 0 saturated heterocycles. The van der Waals surface area contributed by atoms with Crippen LogP contribution in [0.2, 0.25) is 0 Å². The van der Waals surface area contributed by atoms with Crippen LogP contribution in [-0.4, -0.2) is 33.6 Å². The number of aryl methyl sites for hydroxylation is 1. The number of hydrogen-bond donors (Lipinski definition) is 2. The van der Waals surface area contributed by atoms with Crippen molar-refractivity contribution < 1.29 is 4.79 Å². The van der Waals surface area contributed by atoms with Crippen molar-refractivity contribution in [2.75, 3.05) is 12.3 Å². The molecule has 1 heterocycles. The Bertz CT molecular complexity index is 415. The highest BCUT2D eigenvalue weighted by atomic mass is 16.2. The monoisotopic (exact) mass is 250 g/mol. The van der Waals surface area contributed by atoms with Crippen molar-refractivity contribution in [1.29, 1.82) is 0 Å². The maximum Gasteiger partial charge on any atom is 0.259 e. The van der Waals surface area contributed by atoms with Crippen LogP contribution < -0.4 is 5.73 Å². The number of carbonyl (C=O) groups is 1. The van der Waals surface area contributed by atoms with Crippen molar-refractivity contribution in [2.45, 2.75) is 46.1 Å². The second-order valence-electron chi connectivity index (χ2n) is 5.52. The fourth-order valence-corrected chi connectivity index (χ4v) is 2.09. The Kier molecular flexibility index (Phi) is 3.59. The van der Waals surface area contributed by atoms with Crippen molar-refractivity contribution in [3.63, 3.8) is 0 Å². The van der Waals surface area contributed by atoms with E-state index in [9.17, 15) is 4.79 Å². The van der Waals surface area contributed by atoms with Crippen LogP contribution in [0.25, 0.3) is 0 Å². The molecule has 3 N–H and O–H groups in total. The molecule has 1 saturated carbocycles. The highest BCUT2D eigenvalue weighted by Gasteiger charge is 2.34. The lowest BCUT2D eigenvalue weighted by Crippen LogP contribution is -2.35. The predicted octanol–water partition coefficient (Wildman–Crippen LogP) is 1.95. The number of aromatic amines is 1. The highest BCUT2D eigenvalue weighted by Crippen LogP contribution is 2.30. The van der Waals surface area contributed by atoms with Crippen molar-refractivity contribution in [2.24, 2.45) is 5.92 Å². The van der Waals surface area contributed by atoms with Gasteiger partial charge < -0.3 is 10.6 Å². The summed E-state index contributed by atoms with van der Waals surface area (Å²) in [5, 5.41) is 6.67. The van der Waals surface area contributed by atoms with Crippen LogP contribution in [0.15, 0.2) is 0 Å². The SMILES string of the molecule is Cc1[nH]nc(N)c1C(=O)N(CCC(C)C)C1CC1. The van der Waals surface area contributed by atoms with Gasteiger partial charge in [-0.2, -0.15) is 5.10 Å². The Labute approximate surface area is 108 Å². The molecule has 0 radical (unpaired) electrons. The van der Waals surface area contributed by atoms with E-state index >= 15 is 0 Å². The van der Waals surface area contributed by atoms with Gasteiger partial charge in [-0.1, -0.05) is 13.8 Å². The normalized spacial score (nSPS) is 15.1. The van der Waals surface area contributed by atoms with Gasteiger partial charge in [0, 0.05) is 18.3 Å². The lowest BCUT2D eigenvalue weighted by Gasteiger charge is -2.23. The Morgan fingerprint density at radius 3 is 2.67 bits per heavy atom. The number of nitrogens with one attached hydrogen (secondary N) is 1. The van der Waals surface area contributed by atoms with Gasteiger partial charge in [0.15, 0.2) is 5.82 Å². The molecule has 0 aliphatic heterocycles. The lowest BCUT2D eigenvalue weighted by atomic mass is 10.1. The summed E-state index contributed by atoms with van der Waals surface area (Å²) in [6, 6.07) is 0.407. The summed E-state index contributed by atoms with van der Waals surface area (Å²) in [6.45, 7) is 7.00. The predicted molar refractivity (Wildman–Crippen MR) is 71.3 cm³/mol. The molecule has 0 aromatic carbocycles. The lowest BCUT2D eigenvalue weighted by molar-refractivity contribution is 0.0736. The minimum atomic E-state index is 0.0295. The van der Waals surface area contributed by atoms with Gasteiger partial charge in [0.2, 0.25) is 0 Å². The van der Waals surface area contributed by atoms with E-state index in [2.05, 4.69) is 24.0 Å². The summed E-state index contributed by atoms with van der Waals surface area (Å²) in [6.07, 6.45) is 3.25. The second-order valence-corrected chi connectivity index (χ2v) is 5.52. The van der Waals surface area contributed by atoms with E-state index in [1.54, 1.807) is 0 Å². The van der Waals surface area contributed by atoms with E-state index in [1.807, 2.05) is 11.8 Å². The minimum absolute atomic E-state index is 0.0295. The number of nitrogens with two attached hydrogens (primary N) is 1. The molecule has 5 nitrogen and oxygen atoms in total. The average Bonchev–Trinajstić information content (AvgIpc) is 3.06. The molecule has 1 aliphatic rings. The molecule has 1 aromatic heterocycles. The molecule has 0 spiro atoms. The van der Waals surface area contributed by atoms with E-state index in [-0.39, 0.29) is 5.91 Å². The van der Waals surface area contributed by atoms with Crippen molar-refractivity contribution in [1.82, 2.24) is 15.1 Å². The average molecular weight is 250 g/mol. The molecule has 0 bridgehead atoms. The van der Waals surface area contributed by atoms with Crippen LogP contribution in [0.4, 0.5) is 5.82 Å². The summed E-state index contributed by atoms with van der Waals surface area (Å²) in [7, 11) is 0. The number of amides is 1. The molecule has 5 heteroatoms. The smallest absolute Gasteiger partial charge is 0.259 e. The van der Waals surface area contributed by atoms with Crippen molar-refractivity contribution in [3.05, 3.63) is 11.3 Å². The van der Waals surface area contributed by atoms with Gasteiger partial charge >= 0.3 is 0 Å². The third kappa shape index (κ3) is 2.66. The fourth-order valence-electron chi connectivity index (χ4n) is 2.09. The van der Waals surface area contributed by atoms with Crippen molar-refractivity contribution in [3.8, 4) is 0 Å². The second kappa shape index (κ2) is 5.00. The van der Waals surface area contributed by atoms with E-state index in [4.69, 9.17) is 5.73 Å². The molecular formula is C13H22N4O. The van der Waals surface area contributed by atoms with E-state index in [1.165, 1.54) is 0 Å². The Hall–Kier alpha value is -1.52. The van der Waals surface area contributed by atoms with Gasteiger partial charge in [0.05, 0.1) is 0 Å². The number of aromatic nitrogens is 2. The third-order valence-corrected chi connectivity index (χ3v) is 3.38. The summed E-state index contributed by atoms with van der Waals surface area (Å²) in [4.78, 5) is 14.5. The zero-order valence-electron chi connectivity index (χ0n) is 11.4. The molecule has 18 heavy (non-hydrogen) atoms. The summed E-state index contributed by atoms with van der Waals surface area (Å²) < 4.78 is 0. The molecule has 1 fully saturated rings. The number of carbonyl (C=O) groups excluding carboxylic acids is 1. The van der Waals surface area contributed by atoms with E-state index < -0.39 is 0 Å².